The summed E-state index contributed by atoms with van der Waals surface area (Å²) in [5.41, 5.74) is 0. The highest BCUT2D eigenvalue weighted by Gasteiger charge is 2.04. The van der Waals surface area contributed by atoms with Gasteiger partial charge >= 0.3 is 5.97 Å². The molecule has 0 saturated heterocycles. The molecule has 3 nitrogen and oxygen atoms in total. The molecule has 0 bridgehead atoms. The topological polar surface area (TPSA) is 43.4 Å². The Morgan fingerprint density at radius 2 is 2.00 bits per heavy atom. The van der Waals surface area contributed by atoms with Gasteiger partial charge < -0.3 is 9.53 Å². The van der Waals surface area contributed by atoms with Gasteiger partial charge in [-0.05, 0) is 19.3 Å². The van der Waals surface area contributed by atoms with Crippen LogP contribution in [0, 0.1) is 5.92 Å². The molecule has 0 aromatic heterocycles. The minimum atomic E-state index is -0.141. The second-order valence-electron chi connectivity index (χ2n) is 3.95. The lowest BCUT2D eigenvalue weighted by molar-refractivity contribution is -0.140. The number of unbranched alkanes of at least 4 members (excludes halogenated alkanes) is 3. The van der Waals surface area contributed by atoms with Crippen molar-refractivity contribution in [3.8, 4) is 0 Å². The lowest BCUT2D eigenvalue weighted by Gasteiger charge is -2.06. The molecule has 92 valence electrons. The Bertz CT molecular complexity index is 211. The van der Waals surface area contributed by atoms with Crippen LogP contribution in [-0.4, -0.2) is 19.4 Å². The summed E-state index contributed by atoms with van der Waals surface area (Å²) in [7, 11) is 1.41. The Morgan fingerprint density at radius 1 is 1.31 bits per heavy atom. The van der Waals surface area contributed by atoms with E-state index in [1.54, 1.807) is 6.08 Å². The van der Waals surface area contributed by atoms with Crippen molar-refractivity contribution < 1.29 is 14.3 Å². The van der Waals surface area contributed by atoms with Crippen LogP contribution in [0.15, 0.2) is 12.7 Å². The third-order valence-corrected chi connectivity index (χ3v) is 2.60. The van der Waals surface area contributed by atoms with E-state index in [0.29, 0.717) is 6.42 Å². The smallest absolute Gasteiger partial charge is 0.305 e. The number of ether oxygens (including phenoxy) is 1. The van der Waals surface area contributed by atoms with Crippen LogP contribution in [0.3, 0.4) is 0 Å². The van der Waals surface area contributed by atoms with E-state index in [9.17, 15) is 9.59 Å². The first-order valence-electron chi connectivity index (χ1n) is 5.87. The number of carbonyl (C=O) groups excluding carboxylic acids is 2. The molecule has 0 rings (SSSR count). The van der Waals surface area contributed by atoms with Crippen molar-refractivity contribution in [2.24, 2.45) is 5.92 Å². The van der Waals surface area contributed by atoms with Gasteiger partial charge in [-0.1, -0.05) is 25.3 Å². The third kappa shape index (κ3) is 8.21. The largest absolute Gasteiger partial charge is 0.469 e. The highest BCUT2D eigenvalue weighted by molar-refractivity contribution is 5.68. The minimum Gasteiger partial charge on any atom is -0.469 e. The molecule has 3 heteroatoms. The third-order valence-electron chi connectivity index (χ3n) is 2.60. The van der Waals surface area contributed by atoms with Gasteiger partial charge in [-0.25, -0.2) is 0 Å². The van der Waals surface area contributed by atoms with E-state index < -0.39 is 0 Å². The lowest BCUT2D eigenvalue weighted by Crippen LogP contribution is -2.01. The molecule has 0 radical (unpaired) electrons. The Hall–Kier alpha value is -1.12. The minimum absolute atomic E-state index is 0.123. The normalized spacial score (nSPS) is 11.8. The van der Waals surface area contributed by atoms with Crippen molar-refractivity contribution in [1.82, 2.24) is 0 Å². The van der Waals surface area contributed by atoms with Gasteiger partial charge in [0.2, 0.25) is 0 Å². The van der Waals surface area contributed by atoms with Crippen molar-refractivity contribution in [3.63, 3.8) is 0 Å². The van der Waals surface area contributed by atoms with Crippen molar-refractivity contribution in [2.75, 3.05) is 7.11 Å². The first-order valence-corrected chi connectivity index (χ1v) is 5.87. The number of carbonyl (C=O) groups is 2. The number of esters is 1. The maximum absolute atomic E-state index is 10.8. The Labute approximate surface area is 97.9 Å². The van der Waals surface area contributed by atoms with Gasteiger partial charge in [0.05, 0.1) is 7.11 Å². The first kappa shape index (κ1) is 14.9. The van der Waals surface area contributed by atoms with E-state index in [4.69, 9.17) is 0 Å². The SMILES string of the molecule is C=CCC(C=O)CCCCCCC(=O)OC. The molecule has 0 aromatic rings. The van der Waals surface area contributed by atoms with Crippen LogP contribution >= 0.6 is 0 Å². The molecule has 0 saturated carbocycles. The Morgan fingerprint density at radius 3 is 2.56 bits per heavy atom. The zero-order valence-electron chi connectivity index (χ0n) is 10.1. The quantitative estimate of drug-likeness (QED) is 0.249. The molecule has 0 amide bonds. The number of rotatable bonds is 10. The monoisotopic (exact) mass is 226 g/mol. The lowest BCUT2D eigenvalue weighted by atomic mass is 9.99. The number of methoxy groups -OCH3 is 1. The van der Waals surface area contributed by atoms with Gasteiger partial charge in [-0.15, -0.1) is 6.58 Å². The van der Waals surface area contributed by atoms with Crippen molar-refractivity contribution in [2.45, 2.75) is 44.9 Å². The van der Waals surface area contributed by atoms with Gasteiger partial charge in [0.1, 0.15) is 6.29 Å². The highest BCUT2D eigenvalue weighted by Crippen LogP contribution is 2.13. The van der Waals surface area contributed by atoms with E-state index in [1.165, 1.54) is 7.11 Å². The molecular formula is C13H22O3. The van der Waals surface area contributed by atoms with E-state index in [1.807, 2.05) is 0 Å². The summed E-state index contributed by atoms with van der Waals surface area (Å²) in [4.78, 5) is 21.4. The zero-order valence-corrected chi connectivity index (χ0v) is 10.1. The van der Waals surface area contributed by atoms with E-state index in [2.05, 4.69) is 11.3 Å². The predicted molar refractivity (Wildman–Crippen MR) is 64.1 cm³/mol. The van der Waals surface area contributed by atoms with Crippen LogP contribution in [0.2, 0.25) is 0 Å². The summed E-state index contributed by atoms with van der Waals surface area (Å²) in [6, 6.07) is 0. The van der Waals surface area contributed by atoms with Crippen LogP contribution in [0.1, 0.15) is 44.9 Å². The summed E-state index contributed by atoms with van der Waals surface area (Å²) >= 11 is 0. The van der Waals surface area contributed by atoms with Gasteiger partial charge in [-0.2, -0.15) is 0 Å². The maximum atomic E-state index is 10.8. The molecule has 0 aliphatic heterocycles. The Balaban J connectivity index is 3.34. The molecular weight excluding hydrogens is 204 g/mol. The summed E-state index contributed by atoms with van der Waals surface area (Å²) in [5.74, 6) is -0.0180. The van der Waals surface area contributed by atoms with Crippen LogP contribution in [0.5, 0.6) is 0 Å². The van der Waals surface area contributed by atoms with Crippen molar-refractivity contribution >= 4 is 12.3 Å². The van der Waals surface area contributed by atoms with Gasteiger partial charge in [0, 0.05) is 12.3 Å². The number of allylic oxidation sites excluding steroid dienone is 1. The zero-order chi connectivity index (χ0) is 12.2. The average molecular weight is 226 g/mol. The van der Waals surface area contributed by atoms with Crippen LogP contribution in [-0.2, 0) is 14.3 Å². The molecule has 0 N–H and O–H groups in total. The molecule has 1 atom stereocenters. The van der Waals surface area contributed by atoms with Crippen LogP contribution < -0.4 is 0 Å². The average Bonchev–Trinajstić information content (AvgIpc) is 2.31. The van der Waals surface area contributed by atoms with Crippen LogP contribution in [0.4, 0.5) is 0 Å². The summed E-state index contributed by atoms with van der Waals surface area (Å²) in [6.45, 7) is 3.62. The summed E-state index contributed by atoms with van der Waals surface area (Å²) in [5, 5.41) is 0. The van der Waals surface area contributed by atoms with Crippen molar-refractivity contribution in [1.29, 1.82) is 0 Å². The molecule has 0 heterocycles. The first-order chi connectivity index (χ1) is 7.74. The fourth-order valence-electron chi connectivity index (χ4n) is 1.59. The fraction of sp³-hybridized carbons (Fsp3) is 0.692. The number of aldehydes is 1. The van der Waals surface area contributed by atoms with E-state index in [0.717, 1.165) is 44.8 Å². The molecule has 1 unspecified atom stereocenters. The predicted octanol–water partition coefficient (Wildman–Crippen LogP) is 2.89. The number of hydrogen-bond donors (Lipinski definition) is 0. The summed E-state index contributed by atoms with van der Waals surface area (Å²) < 4.78 is 4.55. The molecule has 0 fully saturated rings. The fourth-order valence-corrected chi connectivity index (χ4v) is 1.59. The molecule has 0 spiro atoms. The van der Waals surface area contributed by atoms with Gasteiger partial charge in [-0.3, -0.25) is 4.79 Å². The molecule has 0 aliphatic carbocycles. The van der Waals surface area contributed by atoms with Gasteiger partial charge in [0.15, 0.2) is 0 Å². The Kier molecular flexibility index (Phi) is 9.67. The van der Waals surface area contributed by atoms with E-state index >= 15 is 0 Å². The van der Waals surface area contributed by atoms with E-state index in [-0.39, 0.29) is 11.9 Å². The second-order valence-corrected chi connectivity index (χ2v) is 3.95. The standard InChI is InChI=1S/C13H22O3/c1-3-8-12(11-14)9-6-4-5-7-10-13(15)16-2/h3,11-12H,1,4-10H2,2H3. The summed E-state index contributed by atoms with van der Waals surface area (Å²) in [6.07, 6.45) is 9.00. The second kappa shape index (κ2) is 10.4. The molecule has 16 heavy (non-hydrogen) atoms. The highest BCUT2D eigenvalue weighted by atomic mass is 16.5. The molecule has 0 aromatic carbocycles. The van der Waals surface area contributed by atoms with Gasteiger partial charge in [0.25, 0.3) is 0 Å². The van der Waals surface area contributed by atoms with Crippen molar-refractivity contribution in [3.05, 3.63) is 12.7 Å². The number of hydrogen-bond acceptors (Lipinski definition) is 3. The maximum Gasteiger partial charge on any atom is 0.305 e. The van der Waals surface area contributed by atoms with Crippen LogP contribution in [0.25, 0.3) is 0 Å². The molecule has 0 aliphatic rings.